The Morgan fingerprint density at radius 1 is 0.636 bits per heavy atom. The van der Waals surface area contributed by atoms with Gasteiger partial charge in [0.15, 0.2) is 6.04 Å². The minimum absolute atomic E-state index is 0.312. The maximum Gasteiger partial charge on any atom is 0.328 e. The van der Waals surface area contributed by atoms with Crippen LogP contribution in [0.25, 0.3) is 0 Å². The summed E-state index contributed by atoms with van der Waals surface area (Å²) in [7, 11) is 0. The Kier molecular flexibility index (Phi) is 20.2. The van der Waals surface area contributed by atoms with Crippen molar-refractivity contribution in [3.8, 4) is 0 Å². The molecule has 9 amide bonds. The number of carboxylic acid groups (broad SMARTS) is 1. The maximum absolute atomic E-state index is 13.3. The van der Waals surface area contributed by atoms with Crippen molar-refractivity contribution in [3.63, 3.8) is 0 Å². The van der Waals surface area contributed by atoms with Crippen molar-refractivity contribution in [2.75, 3.05) is 19.6 Å². The molecule has 0 aromatic heterocycles. The lowest BCUT2D eigenvalue weighted by Crippen LogP contribution is -2.59. The third-order valence-corrected chi connectivity index (χ3v) is 8.24. The molecule has 310 valence electrons. The zero-order valence-electron chi connectivity index (χ0n) is 31.1. The average molecular weight is 787 g/mol. The van der Waals surface area contributed by atoms with Gasteiger partial charge in [0.25, 0.3) is 0 Å². The molecule has 55 heavy (non-hydrogen) atoms. The molecule has 1 fully saturated rings. The van der Waals surface area contributed by atoms with Gasteiger partial charge in [-0.05, 0) is 52.0 Å². The number of aliphatic hydroxyl groups excluding tert-OH is 2. The van der Waals surface area contributed by atoms with Crippen LogP contribution in [0.2, 0.25) is 0 Å². The van der Waals surface area contributed by atoms with Crippen molar-refractivity contribution in [3.05, 3.63) is 0 Å². The number of hydrogen-bond donors (Lipinski definition) is 13. The highest BCUT2D eigenvalue weighted by Crippen LogP contribution is 2.08. The molecule has 1 aliphatic rings. The van der Waals surface area contributed by atoms with Crippen molar-refractivity contribution in [2.45, 2.75) is 115 Å². The lowest BCUT2D eigenvalue weighted by atomic mass is 10.0. The van der Waals surface area contributed by atoms with Gasteiger partial charge in [-0.1, -0.05) is 13.8 Å². The van der Waals surface area contributed by atoms with Crippen molar-refractivity contribution < 1.29 is 63.3 Å². The van der Waals surface area contributed by atoms with Gasteiger partial charge in [-0.15, -0.1) is 0 Å². The lowest BCUT2D eigenvalue weighted by Gasteiger charge is -2.26. The van der Waals surface area contributed by atoms with Crippen molar-refractivity contribution >= 4 is 59.1 Å². The number of rotatable bonds is 24. The number of amides is 9. The van der Waals surface area contributed by atoms with Crippen LogP contribution >= 0.6 is 0 Å². The second-order valence-corrected chi connectivity index (χ2v) is 13.4. The van der Waals surface area contributed by atoms with E-state index < -0.39 is 127 Å². The molecule has 0 bridgehead atoms. The molecule has 1 aliphatic heterocycles. The summed E-state index contributed by atoms with van der Waals surface area (Å²) < 4.78 is 0. The number of carbonyl (C=O) groups is 10. The van der Waals surface area contributed by atoms with E-state index in [0.717, 1.165) is 13.3 Å². The van der Waals surface area contributed by atoms with Crippen LogP contribution in [-0.2, 0) is 47.9 Å². The quantitative estimate of drug-likeness (QED) is 0.0433. The highest BCUT2D eigenvalue weighted by Gasteiger charge is 2.34. The fourth-order valence-corrected chi connectivity index (χ4v) is 5.15. The Labute approximate surface area is 316 Å². The van der Waals surface area contributed by atoms with Gasteiger partial charge in [0.1, 0.15) is 24.2 Å². The summed E-state index contributed by atoms with van der Waals surface area (Å²) >= 11 is 0. The molecule has 23 nitrogen and oxygen atoms in total. The minimum atomic E-state index is -1.67. The molecule has 15 N–H and O–H groups in total. The molecule has 1 heterocycles. The molecule has 0 saturated carbocycles. The van der Waals surface area contributed by atoms with Gasteiger partial charge in [0.05, 0.1) is 31.3 Å². The summed E-state index contributed by atoms with van der Waals surface area (Å²) in [6.07, 6.45) is -2.99. The van der Waals surface area contributed by atoms with Crippen molar-refractivity contribution in [2.24, 2.45) is 17.4 Å². The Morgan fingerprint density at radius 3 is 1.44 bits per heavy atom. The molecule has 0 radical (unpaired) electrons. The van der Waals surface area contributed by atoms with E-state index in [4.69, 9.17) is 16.6 Å². The Hall–Kier alpha value is -5.42. The Balaban J connectivity index is 2.96. The Bertz CT molecular complexity index is 1420. The van der Waals surface area contributed by atoms with Gasteiger partial charge < -0.3 is 69.3 Å². The number of primary amides is 2. The van der Waals surface area contributed by atoms with Crippen molar-refractivity contribution in [1.82, 2.24) is 42.5 Å². The highest BCUT2D eigenvalue weighted by atomic mass is 16.4. The van der Waals surface area contributed by atoms with E-state index in [2.05, 4.69) is 37.2 Å². The molecule has 0 aliphatic carbocycles. The van der Waals surface area contributed by atoms with E-state index in [9.17, 15) is 58.2 Å². The summed E-state index contributed by atoms with van der Waals surface area (Å²) in [5.41, 5.74) is 10.4. The first kappa shape index (κ1) is 47.6. The van der Waals surface area contributed by atoms with Gasteiger partial charge in [0.2, 0.25) is 53.2 Å². The zero-order chi connectivity index (χ0) is 42.0. The van der Waals surface area contributed by atoms with Crippen molar-refractivity contribution in [1.29, 1.82) is 0 Å². The van der Waals surface area contributed by atoms with E-state index in [-0.39, 0.29) is 25.7 Å². The van der Waals surface area contributed by atoms with Crippen LogP contribution in [0.3, 0.4) is 0 Å². The molecular formula is C32H54N10O13. The van der Waals surface area contributed by atoms with Gasteiger partial charge in [0, 0.05) is 12.8 Å². The van der Waals surface area contributed by atoms with Gasteiger partial charge in [-0.2, -0.15) is 0 Å². The first-order valence-corrected chi connectivity index (χ1v) is 17.6. The van der Waals surface area contributed by atoms with Crippen LogP contribution in [0.1, 0.15) is 66.2 Å². The van der Waals surface area contributed by atoms with E-state index in [1.165, 1.54) is 6.92 Å². The van der Waals surface area contributed by atoms with E-state index in [0.29, 0.717) is 13.0 Å². The van der Waals surface area contributed by atoms with E-state index >= 15 is 0 Å². The van der Waals surface area contributed by atoms with Crippen LogP contribution in [0.5, 0.6) is 0 Å². The van der Waals surface area contributed by atoms with Crippen LogP contribution in [0, 0.1) is 5.92 Å². The molecule has 0 spiro atoms. The number of carboxylic acids is 1. The first-order chi connectivity index (χ1) is 25.6. The second kappa shape index (κ2) is 23.4. The lowest BCUT2D eigenvalue weighted by molar-refractivity contribution is -0.144. The Morgan fingerprint density at radius 2 is 1.07 bits per heavy atom. The predicted molar refractivity (Wildman–Crippen MR) is 189 cm³/mol. The van der Waals surface area contributed by atoms with Crippen LogP contribution in [0.15, 0.2) is 0 Å². The highest BCUT2D eigenvalue weighted by molar-refractivity contribution is 5.96. The number of aliphatic carboxylic acids is 1. The summed E-state index contributed by atoms with van der Waals surface area (Å²) in [6, 6.07) is -7.96. The molecule has 8 atom stereocenters. The minimum Gasteiger partial charge on any atom is -0.480 e. The monoisotopic (exact) mass is 786 g/mol. The number of nitrogens with two attached hydrogens (primary N) is 2. The summed E-state index contributed by atoms with van der Waals surface area (Å²) in [5, 5.41) is 47.9. The number of carbonyl (C=O) groups excluding carboxylic acids is 9. The second-order valence-electron chi connectivity index (χ2n) is 13.4. The smallest absolute Gasteiger partial charge is 0.328 e. The van der Waals surface area contributed by atoms with Gasteiger partial charge in [-0.3, -0.25) is 43.2 Å². The van der Waals surface area contributed by atoms with E-state index in [1.807, 2.05) is 5.32 Å². The summed E-state index contributed by atoms with van der Waals surface area (Å²) in [5.74, 6) is -9.98. The predicted octanol–water partition coefficient (Wildman–Crippen LogP) is -6.57. The maximum atomic E-state index is 13.3. The van der Waals surface area contributed by atoms with E-state index in [1.54, 1.807) is 13.8 Å². The standard InChI is InChI=1S/C32H54N10O13/c1-14(2)24(30(52)38-18(7-9-20(33)45)27(49)37-13-23(48)41-26(16(4)44)32(54)55)40-22(47)12-36-28(50)19(8-10-21(34)46)39-31(53)25(15(3)43)42-29(51)17-6-5-11-35-17/h14-19,24-26,35,43-44H,5-13H2,1-4H3,(H2,33,45)(H2,34,46)(H,36,50)(H,37,49)(H,38,52)(H,39,53)(H,40,47)(H,41,48)(H,42,51)(H,54,55)/t15-,16-,17+,18+,19+,24+,25+,26+/m1/s1. The molecule has 0 aromatic carbocycles. The topological polar surface area (TPSA) is 380 Å². The molecular weight excluding hydrogens is 732 g/mol. The SMILES string of the molecule is CC(C)[C@H](NC(=O)CNC(=O)[C@H](CCC(N)=O)NC(=O)[C@@H](NC(=O)[C@@H]1CCCN1)[C@@H](C)O)C(=O)N[C@@H](CCC(N)=O)C(=O)NCC(=O)N[C@H](C(=O)O)[C@@H](C)O. The number of nitrogens with one attached hydrogen (secondary N) is 8. The summed E-state index contributed by atoms with van der Waals surface area (Å²) in [6.45, 7) is 4.55. The average Bonchev–Trinajstić information content (AvgIpc) is 3.64. The fourth-order valence-electron chi connectivity index (χ4n) is 5.15. The van der Waals surface area contributed by atoms with Gasteiger partial charge in [-0.25, -0.2) is 4.79 Å². The summed E-state index contributed by atoms with van der Waals surface area (Å²) in [4.78, 5) is 124. The first-order valence-electron chi connectivity index (χ1n) is 17.6. The zero-order valence-corrected chi connectivity index (χ0v) is 31.1. The third kappa shape index (κ3) is 17.5. The largest absolute Gasteiger partial charge is 0.480 e. The van der Waals surface area contributed by atoms with Crippen LogP contribution in [0.4, 0.5) is 0 Å². The fraction of sp³-hybridized carbons (Fsp3) is 0.688. The van der Waals surface area contributed by atoms with Crippen LogP contribution < -0.4 is 54.0 Å². The normalized spacial score (nSPS) is 17.5. The number of hydrogen-bond acceptors (Lipinski definition) is 13. The van der Waals surface area contributed by atoms with Gasteiger partial charge >= 0.3 is 5.97 Å². The molecule has 1 rings (SSSR count). The number of aliphatic hydroxyl groups is 2. The molecule has 0 aromatic rings. The molecule has 0 unspecified atom stereocenters. The molecule has 1 saturated heterocycles. The molecule has 23 heteroatoms. The third-order valence-electron chi connectivity index (χ3n) is 8.24. The van der Waals surface area contributed by atoms with Crippen LogP contribution in [-0.4, -0.2) is 143 Å².